The van der Waals surface area contributed by atoms with Gasteiger partial charge in [0.15, 0.2) is 6.29 Å². The molecule has 0 atom stereocenters. The molecule has 0 fully saturated rings. The zero-order chi connectivity index (χ0) is 14.9. The predicted molar refractivity (Wildman–Crippen MR) is 81.0 cm³/mol. The molecule has 1 aromatic heterocycles. The van der Waals surface area contributed by atoms with Crippen molar-refractivity contribution in [2.24, 2.45) is 0 Å². The van der Waals surface area contributed by atoms with Crippen LogP contribution in [0.2, 0.25) is 19.6 Å². The van der Waals surface area contributed by atoms with Gasteiger partial charge in [-0.05, 0) is 12.1 Å². The first-order chi connectivity index (χ1) is 9.33. The molecule has 0 spiro atoms. The van der Waals surface area contributed by atoms with Gasteiger partial charge in [0, 0.05) is 22.7 Å². The summed E-state index contributed by atoms with van der Waals surface area (Å²) in [4.78, 5) is 22.4. The molecule has 1 N–H and O–H groups in total. The van der Waals surface area contributed by atoms with Crippen LogP contribution >= 0.6 is 0 Å². The van der Waals surface area contributed by atoms with Gasteiger partial charge in [-0.3, -0.25) is 9.36 Å². The van der Waals surface area contributed by atoms with Crippen LogP contribution in [-0.4, -0.2) is 30.1 Å². The van der Waals surface area contributed by atoms with Gasteiger partial charge in [-0.1, -0.05) is 31.6 Å². The molecule has 0 amide bonds. The number of fused-ring (bicyclic) bond motifs is 1. The minimum absolute atomic E-state index is 0.350. The normalized spacial score (nSPS) is 10.9. The molecule has 0 unspecified atom stereocenters. The first-order valence-electron chi connectivity index (χ1n) is 6.19. The Morgan fingerprint density at radius 2 is 2.05 bits per heavy atom. The molecule has 20 heavy (non-hydrogen) atoms. The molecule has 0 aliphatic carbocycles. The average Bonchev–Trinajstić information content (AvgIpc) is 2.74. The van der Waals surface area contributed by atoms with E-state index in [9.17, 15) is 9.59 Å². The molecule has 102 valence electrons. The van der Waals surface area contributed by atoms with Crippen LogP contribution in [0.4, 0.5) is 4.79 Å². The number of benzene rings is 1. The highest BCUT2D eigenvalue weighted by Crippen LogP contribution is 2.24. The van der Waals surface area contributed by atoms with Crippen molar-refractivity contribution < 1.29 is 14.7 Å². The van der Waals surface area contributed by atoms with E-state index in [1.807, 2.05) is 6.07 Å². The van der Waals surface area contributed by atoms with E-state index in [-0.39, 0.29) is 0 Å². The highest BCUT2D eigenvalue weighted by molar-refractivity contribution is 6.83. The van der Waals surface area contributed by atoms with Crippen LogP contribution in [0.25, 0.3) is 10.9 Å². The Hall–Kier alpha value is -2.32. The van der Waals surface area contributed by atoms with Gasteiger partial charge in [-0.15, -0.1) is 5.54 Å². The summed E-state index contributed by atoms with van der Waals surface area (Å²) in [5.41, 5.74) is 4.78. The maximum absolute atomic E-state index is 11.2. The number of hydrogen-bond acceptors (Lipinski definition) is 2. The topological polar surface area (TPSA) is 59.3 Å². The lowest BCUT2D eigenvalue weighted by Crippen LogP contribution is -2.16. The first kappa shape index (κ1) is 14.1. The molecule has 4 nitrogen and oxygen atoms in total. The third kappa shape index (κ3) is 2.65. The van der Waals surface area contributed by atoms with Crippen molar-refractivity contribution in [3.05, 3.63) is 35.5 Å². The fraction of sp³-hybridized carbons (Fsp3) is 0.200. The van der Waals surface area contributed by atoms with Crippen molar-refractivity contribution in [2.75, 3.05) is 0 Å². The molecule has 5 heteroatoms. The fourth-order valence-corrected chi connectivity index (χ4v) is 2.43. The van der Waals surface area contributed by atoms with E-state index in [0.29, 0.717) is 28.3 Å². The second kappa shape index (κ2) is 4.98. The molecule has 1 aromatic carbocycles. The smallest absolute Gasteiger partial charge is 0.416 e. The van der Waals surface area contributed by atoms with Crippen LogP contribution in [0.15, 0.2) is 24.4 Å². The molecule has 0 saturated heterocycles. The van der Waals surface area contributed by atoms with Crippen molar-refractivity contribution in [2.45, 2.75) is 19.6 Å². The van der Waals surface area contributed by atoms with E-state index >= 15 is 0 Å². The summed E-state index contributed by atoms with van der Waals surface area (Å²) < 4.78 is 1.05. The largest absolute Gasteiger partial charge is 0.464 e. The summed E-state index contributed by atoms with van der Waals surface area (Å²) in [6.07, 6.45) is 0.889. The summed E-state index contributed by atoms with van der Waals surface area (Å²) in [5.74, 6) is 3.10. The van der Waals surface area contributed by atoms with E-state index < -0.39 is 14.2 Å². The van der Waals surface area contributed by atoms with Crippen molar-refractivity contribution in [3.63, 3.8) is 0 Å². The Balaban J connectivity index is 2.77. The van der Waals surface area contributed by atoms with Gasteiger partial charge in [-0.2, -0.15) is 0 Å². The Bertz CT molecular complexity index is 757. The molecule has 0 bridgehead atoms. The summed E-state index contributed by atoms with van der Waals surface area (Å²) >= 11 is 0. The third-order valence-corrected chi connectivity index (χ3v) is 3.64. The second-order valence-electron chi connectivity index (χ2n) is 5.55. The quantitative estimate of drug-likeness (QED) is 0.497. The van der Waals surface area contributed by atoms with Gasteiger partial charge in [0.2, 0.25) is 0 Å². The molecular weight excluding hydrogens is 270 g/mol. The summed E-state index contributed by atoms with van der Waals surface area (Å²) in [6, 6.07) is 5.25. The Morgan fingerprint density at radius 1 is 1.35 bits per heavy atom. The fourth-order valence-electron chi connectivity index (χ4n) is 1.92. The van der Waals surface area contributed by atoms with E-state index in [2.05, 4.69) is 31.1 Å². The van der Waals surface area contributed by atoms with Crippen LogP contribution in [0.1, 0.15) is 15.9 Å². The zero-order valence-electron chi connectivity index (χ0n) is 11.6. The SMILES string of the molecule is C[Si](C)(C)C#Cc1cccc2c1c(C=O)cn2C(=O)O. The standard InChI is InChI=1S/C15H15NO3Si/c1-20(2,3)8-7-11-5-4-6-13-14(11)12(10-17)9-16(13)15(18)19/h4-6,9-10H,1-3H3,(H,18,19). The Morgan fingerprint density at radius 3 is 2.60 bits per heavy atom. The van der Waals surface area contributed by atoms with Crippen molar-refractivity contribution >= 4 is 31.4 Å². The lowest BCUT2D eigenvalue weighted by atomic mass is 10.1. The number of carbonyl (C=O) groups is 2. The predicted octanol–water partition coefficient (Wildman–Crippen LogP) is 3.21. The molecule has 0 aliphatic heterocycles. The van der Waals surface area contributed by atoms with Crippen LogP contribution in [0, 0.1) is 11.5 Å². The molecule has 0 aliphatic rings. The van der Waals surface area contributed by atoms with Gasteiger partial charge in [0.05, 0.1) is 5.52 Å². The minimum Gasteiger partial charge on any atom is -0.464 e. The lowest BCUT2D eigenvalue weighted by molar-refractivity contribution is 0.112. The maximum atomic E-state index is 11.2. The van der Waals surface area contributed by atoms with Crippen LogP contribution in [0.5, 0.6) is 0 Å². The maximum Gasteiger partial charge on any atom is 0.416 e. The van der Waals surface area contributed by atoms with Gasteiger partial charge >= 0.3 is 6.09 Å². The monoisotopic (exact) mass is 285 g/mol. The Labute approximate surface area is 118 Å². The number of carbonyl (C=O) groups excluding carboxylic acids is 1. The number of hydrogen-bond donors (Lipinski definition) is 1. The number of aldehydes is 1. The molecule has 1 heterocycles. The lowest BCUT2D eigenvalue weighted by Gasteiger charge is -2.04. The summed E-state index contributed by atoms with van der Waals surface area (Å²) in [5, 5.41) is 9.77. The van der Waals surface area contributed by atoms with Crippen molar-refractivity contribution in [1.29, 1.82) is 0 Å². The minimum atomic E-state index is -1.54. The van der Waals surface area contributed by atoms with Crippen LogP contribution in [0.3, 0.4) is 0 Å². The van der Waals surface area contributed by atoms with Crippen LogP contribution < -0.4 is 0 Å². The first-order valence-corrected chi connectivity index (χ1v) is 9.69. The molecule has 2 aromatic rings. The summed E-state index contributed by atoms with van der Waals surface area (Å²) in [7, 11) is -1.54. The number of nitrogens with zero attached hydrogens (tertiary/aromatic N) is 1. The van der Waals surface area contributed by atoms with Crippen molar-refractivity contribution in [3.8, 4) is 11.5 Å². The van der Waals surface area contributed by atoms with E-state index in [1.54, 1.807) is 12.1 Å². The number of aromatic nitrogens is 1. The van der Waals surface area contributed by atoms with Gasteiger partial charge in [-0.25, -0.2) is 4.79 Å². The summed E-state index contributed by atoms with van der Waals surface area (Å²) in [6.45, 7) is 6.38. The van der Waals surface area contributed by atoms with Gasteiger partial charge in [0.25, 0.3) is 0 Å². The van der Waals surface area contributed by atoms with Gasteiger partial charge in [0.1, 0.15) is 8.07 Å². The molecule has 2 rings (SSSR count). The van der Waals surface area contributed by atoms with Gasteiger partial charge < -0.3 is 5.11 Å². The highest BCUT2D eigenvalue weighted by atomic mass is 28.3. The van der Waals surface area contributed by atoms with Crippen LogP contribution in [-0.2, 0) is 0 Å². The highest BCUT2D eigenvalue weighted by Gasteiger charge is 2.15. The third-order valence-electron chi connectivity index (χ3n) is 2.76. The van der Waals surface area contributed by atoms with E-state index in [0.717, 1.165) is 4.57 Å². The van der Waals surface area contributed by atoms with Crippen molar-refractivity contribution in [1.82, 2.24) is 4.57 Å². The molecular formula is C15H15NO3Si. The second-order valence-corrected chi connectivity index (χ2v) is 10.3. The zero-order valence-corrected chi connectivity index (χ0v) is 12.6. The van der Waals surface area contributed by atoms with E-state index in [4.69, 9.17) is 5.11 Å². The average molecular weight is 285 g/mol. The Kier molecular flexibility index (Phi) is 3.51. The molecule has 0 radical (unpaired) electrons. The number of rotatable bonds is 1. The van der Waals surface area contributed by atoms with E-state index in [1.165, 1.54) is 6.20 Å². The number of carboxylic acid groups (broad SMARTS) is 1. The molecule has 0 saturated carbocycles.